The zero-order valence-corrected chi connectivity index (χ0v) is 15.6. The van der Waals surface area contributed by atoms with E-state index in [-0.39, 0.29) is 18.2 Å². The van der Waals surface area contributed by atoms with Crippen LogP contribution in [0.3, 0.4) is 0 Å². The molecule has 4 aromatic rings. The Balaban J connectivity index is 1.49. The van der Waals surface area contributed by atoms with E-state index < -0.39 is 5.97 Å². The number of nitrogens with zero attached hydrogens (tertiary/aromatic N) is 2. The van der Waals surface area contributed by atoms with Crippen molar-refractivity contribution >= 4 is 34.1 Å². The number of para-hydroxylation sites is 1. The number of Topliss-reactive ketones (excluding diaryl/α,β-unsaturated/α-hetero) is 1. The highest BCUT2D eigenvalue weighted by molar-refractivity contribution is 7.12. The molecule has 0 aliphatic rings. The summed E-state index contributed by atoms with van der Waals surface area (Å²) in [5, 5.41) is 3.48. The molecule has 0 aliphatic heterocycles. The fourth-order valence-corrected chi connectivity index (χ4v) is 3.78. The van der Waals surface area contributed by atoms with Crippen LogP contribution in [0.25, 0.3) is 16.1 Å². The van der Waals surface area contributed by atoms with E-state index in [4.69, 9.17) is 9.15 Å². The maximum absolute atomic E-state index is 12.6. The Bertz CT molecular complexity index is 1110. The quantitative estimate of drug-likeness (QED) is 0.380. The van der Waals surface area contributed by atoms with Crippen molar-refractivity contribution in [1.29, 1.82) is 0 Å². The number of carbonyl (C=O) groups excluding carboxylic acids is 2. The summed E-state index contributed by atoms with van der Waals surface area (Å²) in [6, 6.07) is 10.7. The average Bonchev–Trinajstić information content (AvgIpc) is 3.38. The van der Waals surface area contributed by atoms with Crippen LogP contribution in [0, 0.1) is 13.8 Å². The van der Waals surface area contributed by atoms with Crippen molar-refractivity contribution in [3.8, 4) is 5.13 Å². The molecule has 1 aromatic carbocycles. The van der Waals surface area contributed by atoms with Gasteiger partial charge < -0.3 is 9.15 Å². The fourth-order valence-electron chi connectivity index (χ4n) is 3.03. The van der Waals surface area contributed by atoms with Gasteiger partial charge in [-0.05, 0) is 32.0 Å². The highest BCUT2D eigenvalue weighted by atomic mass is 32.1. The van der Waals surface area contributed by atoms with Gasteiger partial charge in [0.15, 0.2) is 11.7 Å². The van der Waals surface area contributed by atoms with Crippen LogP contribution >= 0.6 is 11.3 Å². The minimum absolute atomic E-state index is 0.0808. The Morgan fingerprint density at radius 2 is 2.04 bits per heavy atom. The van der Waals surface area contributed by atoms with Gasteiger partial charge in [0.05, 0.1) is 0 Å². The van der Waals surface area contributed by atoms with Crippen LogP contribution in [0.2, 0.25) is 0 Å². The van der Waals surface area contributed by atoms with Gasteiger partial charge in [-0.1, -0.05) is 18.2 Å². The zero-order chi connectivity index (χ0) is 19.0. The van der Waals surface area contributed by atoms with Crippen molar-refractivity contribution in [2.24, 2.45) is 0 Å². The maximum atomic E-state index is 12.6. The first-order valence-electron chi connectivity index (χ1n) is 8.32. The molecule has 0 saturated carbocycles. The monoisotopic (exact) mass is 380 g/mol. The molecule has 3 heterocycles. The van der Waals surface area contributed by atoms with Gasteiger partial charge in [0.2, 0.25) is 11.5 Å². The number of fused-ring (bicyclic) bond motifs is 1. The summed E-state index contributed by atoms with van der Waals surface area (Å²) in [6.07, 6.45) is 1.72. The molecule has 0 spiro atoms. The normalized spacial score (nSPS) is 11.0. The molecule has 27 heavy (non-hydrogen) atoms. The van der Waals surface area contributed by atoms with E-state index in [1.165, 1.54) is 11.3 Å². The summed E-state index contributed by atoms with van der Waals surface area (Å²) >= 11 is 1.49. The molecule has 0 radical (unpaired) electrons. The molecule has 7 heteroatoms. The number of hydrogen-bond donors (Lipinski definition) is 0. The highest BCUT2D eigenvalue weighted by Crippen LogP contribution is 2.23. The van der Waals surface area contributed by atoms with Gasteiger partial charge in [0, 0.05) is 33.9 Å². The lowest BCUT2D eigenvalue weighted by Gasteiger charge is -2.05. The summed E-state index contributed by atoms with van der Waals surface area (Å²) in [5.74, 6) is -0.846. The van der Waals surface area contributed by atoms with E-state index in [1.807, 2.05) is 42.0 Å². The maximum Gasteiger partial charge on any atom is 0.374 e. The third kappa shape index (κ3) is 3.17. The van der Waals surface area contributed by atoms with Crippen LogP contribution in [0.4, 0.5) is 0 Å². The summed E-state index contributed by atoms with van der Waals surface area (Å²) in [5.41, 5.74) is 2.78. The van der Waals surface area contributed by atoms with Crippen molar-refractivity contribution in [3.63, 3.8) is 0 Å². The molecule has 4 rings (SSSR count). The van der Waals surface area contributed by atoms with Crippen LogP contribution in [-0.4, -0.2) is 27.9 Å². The summed E-state index contributed by atoms with van der Waals surface area (Å²) < 4.78 is 12.5. The number of aromatic nitrogens is 2. The van der Waals surface area contributed by atoms with Crippen molar-refractivity contribution in [3.05, 3.63) is 70.7 Å². The van der Waals surface area contributed by atoms with Gasteiger partial charge in [0.25, 0.3) is 0 Å². The minimum atomic E-state index is -0.659. The Labute approximate surface area is 159 Å². The lowest BCUT2D eigenvalue weighted by Crippen LogP contribution is -2.14. The number of benzene rings is 1. The van der Waals surface area contributed by atoms with Gasteiger partial charge in [-0.15, -0.1) is 11.3 Å². The van der Waals surface area contributed by atoms with Crippen LogP contribution in [0.5, 0.6) is 0 Å². The second kappa shape index (κ2) is 6.85. The predicted octanol–water partition coefficient (Wildman–Crippen LogP) is 4.34. The standard InChI is InChI=1S/C20H16N2O4S/c1-12-9-15(13(2)22(12)20-21-7-8-27-20)16(23)11-25-19(24)18-10-14-5-3-4-6-17(14)26-18/h3-10H,11H2,1-2H3. The minimum Gasteiger partial charge on any atom is -0.451 e. The summed E-state index contributed by atoms with van der Waals surface area (Å²) in [6.45, 7) is 3.41. The Kier molecular flexibility index (Phi) is 4.37. The number of esters is 1. The van der Waals surface area contributed by atoms with E-state index in [0.29, 0.717) is 11.1 Å². The molecule has 0 N–H and O–H groups in total. The molecule has 3 aromatic heterocycles. The number of carbonyl (C=O) groups is 2. The molecule has 0 aliphatic carbocycles. The lowest BCUT2D eigenvalue weighted by molar-refractivity contribution is 0.0446. The second-order valence-corrected chi connectivity index (χ2v) is 6.96. The number of rotatable bonds is 5. The SMILES string of the molecule is Cc1cc(C(=O)COC(=O)c2cc3ccccc3o2)c(C)n1-c1nccs1. The third-order valence-corrected chi connectivity index (χ3v) is 5.06. The van der Waals surface area contributed by atoms with Gasteiger partial charge in [-0.25, -0.2) is 9.78 Å². The Morgan fingerprint density at radius 1 is 1.22 bits per heavy atom. The lowest BCUT2D eigenvalue weighted by atomic mass is 10.1. The number of thiazole rings is 1. The van der Waals surface area contributed by atoms with Crippen LogP contribution in [-0.2, 0) is 4.74 Å². The van der Waals surface area contributed by atoms with Crippen LogP contribution in [0.1, 0.15) is 32.3 Å². The predicted molar refractivity (Wildman–Crippen MR) is 102 cm³/mol. The molecule has 0 bridgehead atoms. The number of aryl methyl sites for hydroxylation is 1. The highest BCUT2D eigenvalue weighted by Gasteiger charge is 2.20. The van der Waals surface area contributed by atoms with Gasteiger partial charge in [0.1, 0.15) is 5.58 Å². The van der Waals surface area contributed by atoms with E-state index >= 15 is 0 Å². The van der Waals surface area contributed by atoms with Crippen molar-refractivity contribution < 1.29 is 18.7 Å². The molecule has 0 amide bonds. The van der Waals surface area contributed by atoms with E-state index in [0.717, 1.165) is 21.9 Å². The van der Waals surface area contributed by atoms with Crippen molar-refractivity contribution in [2.75, 3.05) is 6.61 Å². The first-order valence-corrected chi connectivity index (χ1v) is 9.20. The van der Waals surface area contributed by atoms with E-state index in [2.05, 4.69) is 4.98 Å². The number of ketones is 1. The average molecular weight is 380 g/mol. The van der Waals surface area contributed by atoms with Crippen LogP contribution < -0.4 is 0 Å². The third-order valence-electron chi connectivity index (χ3n) is 4.30. The van der Waals surface area contributed by atoms with Gasteiger partial charge in [-0.2, -0.15) is 0 Å². The molecule has 6 nitrogen and oxygen atoms in total. The molecule has 0 saturated heterocycles. The Morgan fingerprint density at radius 3 is 2.78 bits per heavy atom. The van der Waals surface area contributed by atoms with E-state index in [9.17, 15) is 9.59 Å². The van der Waals surface area contributed by atoms with Crippen LogP contribution in [0.15, 0.2) is 52.4 Å². The molecule has 136 valence electrons. The van der Waals surface area contributed by atoms with Crippen molar-refractivity contribution in [2.45, 2.75) is 13.8 Å². The molecule has 0 atom stereocenters. The first kappa shape index (κ1) is 17.2. The van der Waals surface area contributed by atoms with E-state index in [1.54, 1.807) is 24.4 Å². The summed E-state index contributed by atoms with van der Waals surface area (Å²) in [4.78, 5) is 29.1. The molecular formula is C20H16N2O4S. The largest absolute Gasteiger partial charge is 0.451 e. The van der Waals surface area contributed by atoms with Gasteiger partial charge in [-0.3, -0.25) is 9.36 Å². The van der Waals surface area contributed by atoms with Crippen molar-refractivity contribution in [1.82, 2.24) is 9.55 Å². The number of hydrogen-bond acceptors (Lipinski definition) is 6. The number of furan rings is 1. The summed E-state index contributed by atoms with van der Waals surface area (Å²) in [7, 11) is 0. The fraction of sp³-hybridized carbons (Fsp3) is 0.150. The Hall–Kier alpha value is -3.19. The first-order chi connectivity index (χ1) is 13.0. The molecule has 0 unspecified atom stereocenters. The zero-order valence-electron chi connectivity index (χ0n) is 14.8. The number of ether oxygens (including phenoxy) is 1. The smallest absolute Gasteiger partial charge is 0.374 e. The van der Waals surface area contributed by atoms with Gasteiger partial charge >= 0.3 is 5.97 Å². The topological polar surface area (TPSA) is 74.3 Å². The second-order valence-electron chi connectivity index (χ2n) is 6.08. The molecule has 0 fully saturated rings. The molecular weight excluding hydrogens is 364 g/mol.